The van der Waals surface area contributed by atoms with Crippen molar-refractivity contribution in [3.05, 3.63) is 51.9 Å². The Kier molecular flexibility index (Phi) is 4.01. The molecule has 0 aliphatic heterocycles. The first-order valence-electron chi connectivity index (χ1n) is 5.07. The van der Waals surface area contributed by atoms with Crippen molar-refractivity contribution in [1.29, 1.82) is 0 Å². The number of nitrogens with two attached hydrogens (primary N) is 1. The van der Waals surface area contributed by atoms with Crippen LogP contribution in [0.25, 0.3) is 0 Å². The smallest absolute Gasteiger partial charge is 0.219 e. The zero-order chi connectivity index (χ0) is 13.1. The first-order chi connectivity index (χ1) is 8.60. The van der Waals surface area contributed by atoms with E-state index < -0.39 is 5.82 Å². The maximum Gasteiger partial charge on any atom is 0.219 e. The van der Waals surface area contributed by atoms with Gasteiger partial charge in [-0.05, 0) is 17.7 Å². The number of hydrogen-bond acceptors (Lipinski definition) is 3. The van der Waals surface area contributed by atoms with Gasteiger partial charge < -0.3 is 10.5 Å². The number of halogens is 3. The van der Waals surface area contributed by atoms with Crippen molar-refractivity contribution < 1.29 is 9.13 Å². The molecule has 2 N–H and O–H groups in total. The van der Waals surface area contributed by atoms with Gasteiger partial charge in [-0.3, -0.25) is 0 Å². The van der Waals surface area contributed by atoms with Gasteiger partial charge in [-0.1, -0.05) is 23.2 Å². The van der Waals surface area contributed by atoms with E-state index in [2.05, 4.69) is 4.98 Å². The van der Waals surface area contributed by atoms with Crippen LogP contribution in [0.15, 0.2) is 30.5 Å². The van der Waals surface area contributed by atoms with E-state index >= 15 is 0 Å². The molecule has 6 heteroatoms. The first-order valence-corrected chi connectivity index (χ1v) is 5.83. The molecule has 18 heavy (non-hydrogen) atoms. The van der Waals surface area contributed by atoms with Gasteiger partial charge in [-0.15, -0.1) is 0 Å². The van der Waals surface area contributed by atoms with Crippen molar-refractivity contribution in [2.75, 3.05) is 0 Å². The highest BCUT2D eigenvalue weighted by atomic mass is 35.5. The maximum absolute atomic E-state index is 13.0. The Morgan fingerprint density at radius 3 is 2.67 bits per heavy atom. The van der Waals surface area contributed by atoms with Gasteiger partial charge in [0, 0.05) is 24.9 Å². The molecule has 0 atom stereocenters. The molecule has 0 radical (unpaired) electrons. The highest BCUT2D eigenvalue weighted by Gasteiger charge is 2.06. The lowest BCUT2D eigenvalue weighted by molar-refractivity contribution is 0.460. The maximum atomic E-state index is 13.0. The van der Waals surface area contributed by atoms with Gasteiger partial charge in [0.25, 0.3) is 0 Å². The van der Waals surface area contributed by atoms with Crippen LogP contribution in [0.1, 0.15) is 5.56 Å². The highest BCUT2D eigenvalue weighted by molar-refractivity contribution is 6.31. The van der Waals surface area contributed by atoms with Crippen LogP contribution >= 0.6 is 23.2 Å². The number of rotatable bonds is 3. The Bertz CT molecular complexity index is 578. The number of pyridine rings is 1. The third kappa shape index (κ3) is 2.90. The topological polar surface area (TPSA) is 48.1 Å². The normalized spacial score (nSPS) is 10.4. The predicted molar refractivity (Wildman–Crippen MR) is 68.6 cm³/mol. The molecule has 2 rings (SSSR count). The van der Waals surface area contributed by atoms with E-state index in [9.17, 15) is 4.39 Å². The molecular formula is C12H9Cl2FN2O. The van der Waals surface area contributed by atoms with Gasteiger partial charge in [0.05, 0.1) is 10.0 Å². The fourth-order valence-corrected chi connectivity index (χ4v) is 1.68. The van der Waals surface area contributed by atoms with E-state index in [-0.39, 0.29) is 11.6 Å². The Hall–Kier alpha value is -1.36. The summed E-state index contributed by atoms with van der Waals surface area (Å²) in [5, 5.41) is 0.461. The molecule has 0 aliphatic rings. The lowest BCUT2D eigenvalue weighted by Gasteiger charge is -2.07. The fourth-order valence-electron chi connectivity index (χ4n) is 1.33. The van der Waals surface area contributed by atoms with Crippen LogP contribution < -0.4 is 10.5 Å². The molecule has 0 unspecified atom stereocenters. The fraction of sp³-hybridized carbons (Fsp3) is 0.0833. The summed E-state index contributed by atoms with van der Waals surface area (Å²) in [4.78, 5) is 3.99. The SMILES string of the molecule is NCc1cc(Oc2ccc(F)c(Cl)c2)ncc1Cl. The molecule has 1 aromatic heterocycles. The van der Waals surface area contributed by atoms with E-state index in [1.165, 1.54) is 24.4 Å². The lowest BCUT2D eigenvalue weighted by Crippen LogP contribution is -1.99. The lowest BCUT2D eigenvalue weighted by atomic mass is 10.2. The van der Waals surface area contributed by atoms with Gasteiger partial charge in [0.1, 0.15) is 11.6 Å². The Morgan fingerprint density at radius 1 is 1.22 bits per heavy atom. The van der Waals surface area contributed by atoms with E-state index in [0.29, 0.717) is 16.7 Å². The average molecular weight is 287 g/mol. The second kappa shape index (κ2) is 5.52. The van der Waals surface area contributed by atoms with Crippen molar-refractivity contribution in [2.24, 2.45) is 5.73 Å². The van der Waals surface area contributed by atoms with Crippen LogP contribution in [0.5, 0.6) is 11.6 Å². The molecule has 0 saturated heterocycles. The van der Waals surface area contributed by atoms with Crippen LogP contribution in [0.3, 0.4) is 0 Å². The quantitative estimate of drug-likeness (QED) is 0.934. The third-order valence-electron chi connectivity index (χ3n) is 2.24. The van der Waals surface area contributed by atoms with Crippen molar-refractivity contribution in [3.8, 4) is 11.6 Å². The zero-order valence-electron chi connectivity index (χ0n) is 9.16. The molecule has 1 aromatic carbocycles. The number of ether oxygens (including phenoxy) is 1. The molecule has 0 saturated carbocycles. The molecule has 0 spiro atoms. The van der Waals surface area contributed by atoms with Gasteiger partial charge >= 0.3 is 0 Å². The van der Waals surface area contributed by atoms with Crippen LogP contribution in [-0.4, -0.2) is 4.98 Å². The molecule has 0 amide bonds. The molecule has 1 heterocycles. The average Bonchev–Trinajstić information content (AvgIpc) is 2.36. The minimum absolute atomic E-state index is 0.0134. The summed E-state index contributed by atoms with van der Waals surface area (Å²) in [5.74, 6) is 0.206. The van der Waals surface area contributed by atoms with Gasteiger partial charge in [-0.25, -0.2) is 9.37 Å². The van der Waals surface area contributed by atoms with E-state index in [1.54, 1.807) is 6.07 Å². The van der Waals surface area contributed by atoms with E-state index in [0.717, 1.165) is 5.56 Å². The molecular weight excluding hydrogens is 278 g/mol. The second-order valence-corrected chi connectivity index (χ2v) is 4.31. The molecule has 0 aliphatic carbocycles. The molecule has 0 fully saturated rings. The summed E-state index contributed by atoms with van der Waals surface area (Å²) >= 11 is 11.5. The molecule has 0 bridgehead atoms. The summed E-state index contributed by atoms with van der Waals surface area (Å²) < 4.78 is 18.4. The van der Waals surface area contributed by atoms with Crippen molar-refractivity contribution in [2.45, 2.75) is 6.54 Å². The summed E-state index contributed by atoms with van der Waals surface area (Å²) in [6, 6.07) is 5.67. The Balaban J connectivity index is 2.25. The number of nitrogens with zero attached hydrogens (tertiary/aromatic N) is 1. The Labute approximate surface area is 113 Å². The van der Waals surface area contributed by atoms with Crippen molar-refractivity contribution in [1.82, 2.24) is 4.98 Å². The van der Waals surface area contributed by atoms with Gasteiger partial charge in [0.2, 0.25) is 5.88 Å². The van der Waals surface area contributed by atoms with Crippen LogP contribution in [-0.2, 0) is 6.54 Å². The summed E-state index contributed by atoms with van der Waals surface area (Å²) in [7, 11) is 0. The van der Waals surface area contributed by atoms with Crippen LogP contribution in [0.2, 0.25) is 10.0 Å². The number of aromatic nitrogens is 1. The van der Waals surface area contributed by atoms with Gasteiger partial charge in [-0.2, -0.15) is 0 Å². The number of benzene rings is 1. The van der Waals surface area contributed by atoms with Crippen LogP contribution in [0.4, 0.5) is 4.39 Å². The second-order valence-electron chi connectivity index (χ2n) is 3.50. The van der Waals surface area contributed by atoms with Crippen molar-refractivity contribution in [3.63, 3.8) is 0 Å². The minimum atomic E-state index is -0.504. The number of hydrogen-bond donors (Lipinski definition) is 1. The van der Waals surface area contributed by atoms with E-state index in [4.69, 9.17) is 33.7 Å². The first kappa shape index (κ1) is 13.1. The largest absolute Gasteiger partial charge is 0.439 e. The molecule has 3 nitrogen and oxygen atoms in total. The zero-order valence-corrected chi connectivity index (χ0v) is 10.7. The van der Waals surface area contributed by atoms with Gasteiger partial charge in [0.15, 0.2) is 0 Å². The summed E-state index contributed by atoms with van der Waals surface area (Å²) in [6.45, 7) is 0.280. The Morgan fingerprint density at radius 2 is 2.00 bits per heavy atom. The highest BCUT2D eigenvalue weighted by Crippen LogP contribution is 2.26. The third-order valence-corrected chi connectivity index (χ3v) is 2.87. The summed E-state index contributed by atoms with van der Waals surface area (Å²) in [6.07, 6.45) is 1.45. The van der Waals surface area contributed by atoms with E-state index in [1.807, 2.05) is 0 Å². The standard InChI is InChI=1S/C12H9Cl2FN2O/c13-9-4-8(1-2-11(9)15)18-12-3-7(5-16)10(14)6-17-12/h1-4,6H,5,16H2. The minimum Gasteiger partial charge on any atom is -0.439 e. The van der Waals surface area contributed by atoms with Crippen molar-refractivity contribution >= 4 is 23.2 Å². The predicted octanol–water partition coefficient (Wildman–Crippen LogP) is 3.78. The monoisotopic (exact) mass is 286 g/mol. The molecule has 94 valence electrons. The molecule has 2 aromatic rings. The van der Waals surface area contributed by atoms with Crippen LogP contribution in [0, 0.1) is 5.82 Å². The summed E-state index contributed by atoms with van der Waals surface area (Å²) in [5.41, 5.74) is 6.24.